The molecule has 0 radical (unpaired) electrons. The van der Waals surface area contributed by atoms with E-state index < -0.39 is 0 Å². The van der Waals surface area contributed by atoms with E-state index in [0.29, 0.717) is 12.3 Å². The van der Waals surface area contributed by atoms with Gasteiger partial charge in [-0.05, 0) is 37.0 Å². The van der Waals surface area contributed by atoms with E-state index >= 15 is 0 Å². The average Bonchev–Trinajstić information content (AvgIpc) is 2.33. The summed E-state index contributed by atoms with van der Waals surface area (Å²) in [5.41, 5.74) is 8.25. The molecule has 0 unspecified atom stereocenters. The van der Waals surface area contributed by atoms with Crippen LogP contribution in [0.1, 0.15) is 43.2 Å². The maximum atomic E-state index is 9.80. The zero-order valence-electron chi connectivity index (χ0n) is 10.00. The van der Waals surface area contributed by atoms with Crippen LogP contribution in [0.5, 0.6) is 5.75 Å². The number of phenols is 1. The molecule has 0 bridgehead atoms. The number of hydrogen-bond donors (Lipinski definition) is 2. The first-order valence-electron chi connectivity index (χ1n) is 6.18. The Bertz CT molecular complexity index is 367. The molecule has 0 atom stereocenters. The van der Waals surface area contributed by atoms with Gasteiger partial charge in [-0.15, -0.1) is 0 Å². The summed E-state index contributed by atoms with van der Waals surface area (Å²) in [6, 6.07) is 6.04. The number of rotatable bonds is 2. The predicted molar refractivity (Wildman–Crippen MR) is 66.7 cm³/mol. The zero-order chi connectivity index (χ0) is 11.6. The lowest BCUT2D eigenvalue weighted by molar-refractivity contribution is 0.299. The third-order valence-electron chi connectivity index (χ3n) is 4.02. The first-order valence-corrected chi connectivity index (χ1v) is 6.18. The predicted octanol–water partition coefficient (Wildman–Crippen LogP) is 2.86. The number of benzene rings is 1. The van der Waals surface area contributed by atoms with Gasteiger partial charge >= 0.3 is 0 Å². The Hall–Kier alpha value is -1.02. The van der Waals surface area contributed by atoms with Crippen molar-refractivity contribution in [3.8, 4) is 5.75 Å². The molecule has 1 aromatic rings. The van der Waals surface area contributed by atoms with E-state index in [2.05, 4.69) is 6.07 Å². The lowest BCUT2D eigenvalue weighted by Gasteiger charge is -2.37. The van der Waals surface area contributed by atoms with Crippen molar-refractivity contribution in [1.29, 1.82) is 0 Å². The van der Waals surface area contributed by atoms with Crippen molar-refractivity contribution in [2.75, 3.05) is 6.54 Å². The molecule has 1 saturated carbocycles. The molecule has 0 aromatic heterocycles. The topological polar surface area (TPSA) is 46.2 Å². The van der Waals surface area contributed by atoms with Crippen molar-refractivity contribution in [3.63, 3.8) is 0 Å². The second-order valence-electron chi connectivity index (χ2n) is 5.05. The van der Waals surface area contributed by atoms with Crippen LogP contribution in [0.3, 0.4) is 0 Å². The molecule has 3 N–H and O–H groups in total. The Morgan fingerprint density at radius 1 is 1.25 bits per heavy atom. The van der Waals surface area contributed by atoms with E-state index in [1.165, 1.54) is 24.8 Å². The van der Waals surface area contributed by atoms with E-state index in [9.17, 15) is 5.11 Å². The molecule has 88 valence electrons. The standard InChI is InChI=1S/C14H21NO/c1-11-5-6-12(9-13(11)16)14(10-15)7-3-2-4-8-14/h5-6,9,16H,2-4,7-8,10,15H2,1H3. The van der Waals surface area contributed by atoms with E-state index in [-0.39, 0.29) is 5.41 Å². The highest BCUT2D eigenvalue weighted by molar-refractivity contribution is 5.39. The monoisotopic (exact) mass is 219 g/mol. The minimum Gasteiger partial charge on any atom is -0.508 e. The molecule has 1 fully saturated rings. The van der Waals surface area contributed by atoms with Crippen LogP contribution in [0.2, 0.25) is 0 Å². The van der Waals surface area contributed by atoms with Crippen LogP contribution in [-0.4, -0.2) is 11.7 Å². The first-order chi connectivity index (χ1) is 7.68. The van der Waals surface area contributed by atoms with E-state index in [0.717, 1.165) is 18.4 Å². The van der Waals surface area contributed by atoms with Gasteiger partial charge < -0.3 is 10.8 Å². The van der Waals surface area contributed by atoms with Gasteiger partial charge in [-0.25, -0.2) is 0 Å². The van der Waals surface area contributed by atoms with Gasteiger partial charge in [-0.3, -0.25) is 0 Å². The number of phenolic OH excluding ortho intramolecular Hbond substituents is 1. The van der Waals surface area contributed by atoms with Gasteiger partial charge in [-0.1, -0.05) is 31.4 Å². The fraction of sp³-hybridized carbons (Fsp3) is 0.571. The van der Waals surface area contributed by atoms with Gasteiger partial charge in [0.2, 0.25) is 0 Å². The molecule has 16 heavy (non-hydrogen) atoms. The Kier molecular flexibility index (Phi) is 3.20. The molecule has 2 rings (SSSR count). The molecule has 0 spiro atoms. The second-order valence-corrected chi connectivity index (χ2v) is 5.05. The molecule has 2 heteroatoms. The van der Waals surface area contributed by atoms with Gasteiger partial charge in [-0.2, -0.15) is 0 Å². The van der Waals surface area contributed by atoms with Crippen LogP contribution in [0.4, 0.5) is 0 Å². The van der Waals surface area contributed by atoms with Gasteiger partial charge in [0, 0.05) is 12.0 Å². The molecule has 1 aromatic carbocycles. The smallest absolute Gasteiger partial charge is 0.118 e. The van der Waals surface area contributed by atoms with Crippen molar-refractivity contribution in [2.24, 2.45) is 5.73 Å². The summed E-state index contributed by atoms with van der Waals surface area (Å²) in [5, 5.41) is 9.80. The quantitative estimate of drug-likeness (QED) is 0.803. The van der Waals surface area contributed by atoms with Crippen LogP contribution in [-0.2, 0) is 5.41 Å². The lowest BCUT2D eigenvalue weighted by atomic mass is 9.69. The maximum absolute atomic E-state index is 9.80. The molecular weight excluding hydrogens is 198 g/mol. The molecule has 1 aliphatic rings. The van der Waals surface area contributed by atoms with Crippen molar-refractivity contribution >= 4 is 0 Å². The van der Waals surface area contributed by atoms with E-state index in [4.69, 9.17) is 5.73 Å². The van der Waals surface area contributed by atoms with Gasteiger partial charge in [0.05, 0.1) is 0 Å². The average molecular weight is 219 g/mol. The zero-order valence-corrected chi connectivity index (χ0v) is 10.00. The molecule has 0 amide bonds. The van der Waals surface area contributed by atoms with Crippen LogP contribution < -0.4 is 5.73 Å². The van der Waals surface area contributed by atoms with Gasteiger partial charge in [0.1, 0.15) is 5.75 Å². The first kappa shape index (κ1) is 11.5. The number of hydrogen-bond acceptors (Lipinski definition) is 2. The highest BCUT2D eigenvalue weighted by Crippen LogP contribution is 2.39. The van der Waals surface area contributed by atoms with Crippen LogP contribution in [0.15, 0.2) is 18.2 Å². The normalized spacial score (nSPS) is 19.6. The number of aryl methyl sites for hydroxylation is 1. The van der Waals surface area contributed by atoms with Crippen molar-refractivity contribution in [2.45, 2.75) is 44.4 Å². The van der Waals surface area contributed by atoms with Crippen molar-refractivity contribution in [3.05, 3.63) is 29.3 Å². The Morgan fingerprint density at radius 2 is 1.94 bits per heavy atom. The van der Waals surface area contributed by atoms with E-state index in [1.54, 1.807) is 0 Å². The molecule has 0 heterocycles. The second kappa shape index (κ2) is 4.46. The maximum Gasteiger partial charge on any atom is 0.118 e. The molecular formula is C14H21NO. The van der Waals surface area contributed by atoms with Crippen molar-refractivity contribution < 1.29 is 5.11 Å². The third kappa shape index (κ3) is 1.94. The van der Waals surface area contributed by atoms with Crippen LogP contribution in [0, 0.1) is 6.92 Å². The SMILES string of the molecule is Cc1ccc(C2(CN)CCCCC2)cc1O. The Balaban J connectivity index is 2.35. The lowest BCUT2D eigenvalue weighted by Crippen LogP contribution is -2.37. The summed E-state index contributed by atoms with van der Waals surface area (Å²) < 4.78 is 0. The van der Waals surface area contributed by atoms with Crippen molar-refractivity contribution in [1.82, 2.24) is 0 Å². The molecule has 2 nitrogen and oxygen atoms in total. The van der Waals surface area contributed by atoms with Gasteiger partial charge in [0.15, 0.2) is 0 Å². The summed E-state index contributed by atoms with van der Waals surface area (Å²) in [6.45, 7) is 2.62. The number of nitrogens with two attached hydrogens (primary N) is 1. The molecule has 1 aliphatic carbocycles. The minimum atomic E-state index is 0.115. The van der Waals surface area contributed by atoms with Gasteiger partial charge in [0.25, 0.3) is 0 Å². The summed E-state index contributed by atoms with van der Waals surface area (Å²) in [6.07, 6.45) is 6.15. The summed E-state index contributed by atoms with van der Waals surface area (Å²) in [7, 11) is 0. The minimum absolute atomic E-state index is 0.115. The fourth-order valence-corrected chi connectivity index (χ4v) is 2.78. The summed E-state index contributed by atoms with van der Waals surface area (Å²) in [4.78, 5) is 0. The largest absolute Gasteiger partial charge is 0.508 e. The van der Waals surface area contributed by atoms with E-state index in [1.807, 2.05) is 19.1 Å². The fourth-order valence-electron chi connectivity index (χ4n) is 2.78. The third-order valence-corrected chi connectivity index (χ3v) is 4.02. The summed E-state index contributed by atoms with van der Waals surface area (Å²) >= 11 is 0. The van der Waals surface area contributed by atoms with Crippen LogP contribution >= 0.6 is 0 Å². The van der Waals surface area contributed by atoms with Crippen LogP contribution in [0.25, 0.3) is 0 Å². The Labute approximate surface area is 97.5 Å². The Morgan fingerprint density at radius 3 is 2.50 bits per heavy atom. The number of aromatic hydroxyl groups is 1. The molecule has 0 aliphatic heterocycles. The highest BCUT2D eigenvalue weighted by atomic mass is 16.3. The highest BCUT2D eigenvalue weighted by Gasteiger charge is 2.32. The molecule has 0 saturated heterocycles. The summed E-state index contributed by atoms with van der Waals surface area (Å²) in [5.74, 6) is 0.399.